The van der Waals surface area contributed by atoms with E-state index in [1.165, 1.54) is 16.9 Å². The lowest BCUT2D eigenvalue weighted by Gasteiger charge is -2.12. The number of aromatic nitrogens is 2. The summed E-state index contributed by atoms with van der Waals surface area (Å²) >= 11 is 1.63. The number of thiophene rings is 1. The fraction of sp³-hybridized carbons (Fsp3) is 0.409. The molecule has 0 bridgehead atoms. The van der Waals surface area contributed by atoms with E-state index in [0.29, 0.717) is 24.6 Å². The predicted molar refractivity (Wildman–Crippen MR) is 117 cm³/mol. The van der Waals surface area contributed by atoms with Crippen molar-refractivity contribution >= 4 is 27.5 Å². The summed E-state index contributed by atoms with van der Waals surface area (Å²) in [6, 6.07) is 5.45. The summed E-state index contributed by atoms with van der Waals surface area (Å²) in [5.74, 6) is 1.24. The highest BCUT2D eigenvalue weighted by Crippen LogP contribution is 2.33. The molecular weight excluding hydrogens is 402 g/mol. The number of hydrogen-bond donors (Lipinski definition) is 1. The van der Waals surface area contributed by atoms with E-state index in [1.807, 2.05) is 18.2 Å². The maximum atomic E-state index is 13.0. The number of methoxy groups -OCH3 is 2. The average Bonchev–Trinajstić information content (AvgIpc) is 3.16. The third kappa shape index (κ3) is 4.05. The second-order valence-electron chi connectivity index (χ2n) is 7.34. The quantitative estimate of drug-likeness (QED) is 0.627. The number of carbonyl (C=O) groups excluding carboxylic acids is 1. The van der Waals surface area contributed by atoms with Gasteiger partial charge in [0.05, 0.1) is 25.9 Å². The number of hydrogen-bond acceptors (Lipinski definition) is 6. The standard InChI is InChI=1S/C22H25N3O4S/c1-28-15-7-8-17(29-2)14(11-15)12-23-19(26)9-10-25-13-24-21-20(22(25)27)16-5-3-4-6-18(16)30-21/h7-8,11,13H,3-6,9-10,12H2,1-2H3,(H,23,26). The summed E-state index contributed by atoms with van der Waals surface area (Å²) < 4.78 is 12.1. The SMILES string of the molecule is COc1ccc(OC)c(CNC(=O)CCn2cnc3sc4c(c3c2=O)CCCC4)c1. The summed E-state index contributed by atoms with van der Waals surface area (Å²) in [4.78, 5) is 32.0. The van der Waals surface area contributed by atoms with E-state index in [4.69, 9.17) is 9.47 Å². The molecule has 0 aliphatic heterocycles. The van der Waals surface area contributed by atoms with Crippen LogP contribution >= 0.6 is 11.3 Å². The number of amides is 1. The molecule has 1 amide bonds. The van der Waals surface area contributed by atoms with Crippen molar-refractivity contribution < 1.29 is 14.3 Å². The zero-order valence-electron chi connectivity index (χ0n) is 17.2. The number of nitrogens with one attached hydrogen (secondary N) is 1. The van der Waals surface area contributed by atoms with Gasteiger partial charge in [0.15, 0.2) is 0 Å². The first kappa shape index (κ1) is 20.4. The summed E-state index contributed by atoms with van der Waals surface area (Å²) in [5, 5.41) is 3.64. The molecule has 2 heterocycles. The Balaban J connectivity index is 1.43. The molecule has 1 aliphatic rings. The van der Waals surface area contributed by atoms with Gasteiger partial charge < -0.3 is 14.8 Å². The molecule has 158 valence electrons. The largest absolute Gasteiger partial charge is 0.497 e. The van der Waals surface area contributed by atoms with Crippen LogP contribution in [0.2, 0.25) is 0 Å². The third-order valence-corrected chi connectivity index (χ3v) is 6.68. The van der Waals surface area contributed by atoms with Crippen LogP contribution in [0.25, 0.3) is 10.2 Å². The first-order chi connectivity index (χ1) is 14.6. The van der Waals surface area contributed by atoms with Crippen LogP contribution in [0, 0.1) is 0 Å². The lowest BCUT2D eigenvalue weighted by molar-refractivity contribution is -0.121. The van der Waals surface area contributed by atoms with Crippen molar-refractivity contribution in [2.24, 2.45) is 0 Å². The van der Waals surface area contributed by atoms with Gasteiger partial charge in [0.25, 0.3) is 5.56 Å². The minimum atomic E-state index is -0.140. The Morgan fingerprint density at radius 2 is 2.07 bits per heavy atom. The number of fused-ring (bicyclic) bond motifs is 3. The zero-order valence-corrected chi connectivity index (χ0v) is 18.0. The Labute approximate surface area is 178 Å². The Bertz CT molecular complexity index is 1140. The van der Waals surface area contributed by atoms with Crippen molar-refractivity contribution in [1.82, 2.24) is 14.9 Å². The van der Waals surface area contributed by atoms with Gasteiger partial charge >= 0.3 is 0 Å². The summed E-state index contributed by atoms with van der Waals surface area (Å²) in [5.41, 5.74) is 1.96. The Hall–Kier alpha value is -2.87. The maximum absolute atomic E-state index is 13.0. The van der Waals surface area contributed by atoms with E-state index in [2.05, 4.69) is 10.3 Å². The van der Waals surface area contributed by atoms with Crippen LogP contribution in [0.5, 0.6) is 11.5 Å². The monoisotopic (exact) mass is 427 g/mol. The molecule has 1 aliphatic carbocycles. The fourth-order valence-corrected chi connectivity index (χ4v) is 5.08. The molecule has 3 aromatic rings. The van der Waals surface area contributed by atoms with Gasteiger partial charge in [-0.3, -0.25) is 14.2 Å². The Kier molecular flexibility index (Phi) is 6.03. The topological polar surface area (TPSA) is 82.4 Å². The third-order valence-electron chi connectivity index (χ3n) is 5.49. The van der Waals surface area contributed by atoms with Crippen LogP contribution in [-0.4, -0.2) is 29.7 Å². The maximum Gasteiger partial charge on any atom is 0.262 e. The molecule has 0 saturated heterocycles. The van der Waals surface area contributed by atoms with Crippen LogP contribution < -0.4 is 20.3 Å². The minimum Gasteiger partial charge on any atom is -0.497 e. The van der Waals surface area contributed by atoms with Crippen molar-refractivity contribution in [3.05, 3.63) is 50.9 Å². The van der Waals surface area contributed by atoms with Gasteiger partial charge in [-0.1, -0.05) is 0 Å². The molecular formula is C22H25N3O4S. The number of ether oxygens (including phenoxy) is 2. The molecule has 8 heteroatoms. The molecule has 0 fully saturated rings. The molecule has 4 rings (SSSR count). The molecule has 7 nitrogen and oxygen atoms in total. The summed E-state index contributed by atoms with van der Waals surface area (Å²) in [6.07, 6.45) is 6.03. The molecule has 1 aromatic carbocycles. The highest BCUT2D eigenvalue weighted by molar-refractivity contribution is 7.18. The Morgan fingerprint density at radius 3 is 2.87 bits per heavy atom. The van der Waals surface area contributed by atoms with E-state index in [9.17, 15) is 9.59 Å². The number of nitrogens with zero attached hydrogens (tertiary/aromatic N) is 2. The minimum absolute atomic E-state index is 0.0401. The van der Waals surface area contributed by atoms with Crippen LogP contribution in [0.15, 0.2) is 29.3 Å². The van der Waals surface area contributed by atoms with Gasteiger partial charge in [-0.05, 0) is 49.4 Å². The van der Waals surface area contributed by atoms with Crippen LogP contribution in [0.1, 0.15) is 35.3 Å². The van der Waals surface area contributed by atoms with Crippen LogP contribution in [0.3, 0.4) is 0 Å². The first-order valence-electron chi connectivity index (χ1n) is 10.1. The highest BCUT2D eigenvalue weighted by atomic mass is 32.1. The first-order valence-corrected chi connectivity index (χ1v) is 10.9. The number of benzene rings is 1. The number of aryl methyl sites for hydroxylation is 3. The van der Waals surface area contributed by atoms with Gasteiger partial charge in [-0.25, -0.2) is 4.98 Å². The normalized spacial score (nSPS) is 13.1. The second-order valence-corrected chi connectivity index (χ2v) is 8.42. The van der Waals surface area contributed by atoms with Crippen LogP contribution in [0.4, 0.5) is 0 Å². The van der Waals surface area contributed by atoms with Crippen molar-refractivity contribution in [2.75, 3.05) is 14.2 Å². The van der Waals surface area contributed by atoms with Gasteiger partial charge in [-0.2, -0.15) is 0 Å². The highest BCUT2D eigenvalue weighted by Gasteiger charge is 2.20. The lowest BCUT2D eigenvalue weighted by Crippen LogP contribution is -2.27. The van der Waals surface area contributed by atoms with Crippen molar-refractivity contribution in [3.63, 3.8) is 0 Å². The van der Waals surface area contributed by atoms with E-state index >= 15 is 0 Å². The molecule has 0 radical (unpaired) electrons. The average molecular weight is 428 g/mol. The van der Waals surface area contributed by atoms with Crippen molar-refractivity contribution in [1.29, 1.82) is 0 Å². The molecule has 0 spiro atoms. The summed E-state index contributed by atoms with van der Waals surface area (Å²) in [6.45, 7) is 0.622. The van der Waals surface area contributed by atoms with E-state index in [-0.39, 0.29) is 17.9 Å². The van der Waals surface area contributed by atoms with Crippen molar-refractivity contribution in [3.8, 4) is 11.5 Å². The summed E-state index contributed by atoms with van der Waals surface area (Å²) in [7, 11) is 3.18. The predicted octanol–water partition coefficient (Wildman–Crippen LogP) is 3.06. The van der Waals surface area contributed by atoms with Gasteiger partial charge in [0.2, 0.25) is 5.91 Å². The van der Waals surface area contributed by atoms with E-state index < -0.39 is 0 Å². The molecule has 1 N–H and O–H groups in total. The van der Waals surface area contributed by atoms with Gasteiger partial charge in [0, 0.05) is 30.0 Å². The molecule has 0 unspecified atom stereocenters. The van der Waals surface area contributed by atoms with Crippen molar-refractivity contribution in [2.45, 2.75) is 45.2 Å². The number of rotatable bonds is 7. The van der Waals surface area contributed by atoms with E-state index in [0.717, 1.165) is 35.0 Å². The lowest BCUT2D eigenvalue weighted by atomic mass is 9.97. The van der Waals surface area contributed by atoms with Gasteiger partial charge in [0.1, 0.15) is 16.3 Å². The Morgan fingerprint density at radius 1 is 1.23 bits per heavy atom. The molecule has 2 aromatic heterocycles. The molecule has 0 saturated carbocycles. The smallest absolute Gasteiger partial charge is 0.262 e. The molecule has 30 heavy (non-hydrogen) atoms. The zero-order chi connectivity index (χ0) is 21.1. The fourth-order valence-electron chi connectivity index (χ4n) is 3.86. The molecule has 0 atom stereocenters. The van der Waals surface area contributed by atoms with Gasteiger partial charge in [-0.15, -0.1) is 11.3 Å². The van der Waals surface area contributed by atoms with E-state index in [1.54, 1.807) is 36.5 Å². The number of carbonyl (C=O) groups is 1. The van der Waals surface area contributed by atoms with Crippen LogP contribution in [-0.2, 0) is 30.7 Å². The second kappa shape index (κ2) is 8.87.